The highest BCUT2D eigenvalue weighted by molar-refractivity contribution is 5.85. The number of benzene rings is 1. The molecule has 0 aliphatic rings. The van der Waals surface area contributed by atoms with E-state index in [4.69, 9.17) is 15.7 Å². The van der Waals surface area contributed by atoms with Crippen molar-refractivity contribution in [1.29, 1.82) is 5.26 Å². The molecule has 0 aliphatic heterocycles. The molecule has 0 spiro atoms. The highest BCUT2D eigenvalue weighted by Gasteiger charge is 2.12. The van der Waals surface area contributed by atoms with E-state index in [2.05, 4.69) is 6.07 Å². The molecule has 0 aliphatic carbocycles. The molecule has 94 valence electrons. The van der Waals surface area contributed by atoms with Gasteiger partial charge in [0, 0.05) is 6.04 Å². The summed E-state index contributed by atoms with van der Waals surface area (Å²) in [5, 5.41) is 8.55. The number of nitrogens with two attached hydrogens (primary N) is 1. The van der Waals surface area contributed by atoms with Crippen molar-refractivity contribution >= 4 is 12.4 Å². The molecule has 3 nitrogen and oxygen atoms in total. The van der Waals surface area contributed by atoms with Gasteiger partial charge in [-0.25, -0.2) is 0 Å². The summed E-state index contributed by atoms with van der Waals surface area (Å²) in [4.78, 5) is 0. The zero-order chi connectivity index (χ0) is 12.2. The van der Waals surface area contributed by atoms with Crippen LogP contribution in [-0.4, -0.2) is 5.60 Å². The molecule has 0 fully saturated rings. The summed E-state index contributed by atoms with van der Waals surface area (Å²) in [5.74, 6) is 0.820. The Hall–Kier alpha value is -1.24. The molecule has 17 heavy (non-hydrogen) atoms. The SMILES string of the molecule is CC(C)(C)Oc1ccc([C@H](N)CC#N)cc1.Cl. The lowest BCUT2D eigenvalue weighted by Crippen LogP contribution is -2.22. The van der Waals surface area contributed by atoms with E-state index in [1.165, 1.54) is 0 Å². The predicted octanol–water partition coefficient (Wildman–Crippen LogP) is 3.20. The average molecular weight is 255 g/mol. The number of ether oxygens (including phenoxy) is 1. The van der Waals surface area contributed by atoms with Crippen molar-refractivity contribution < 1.29 is 4.74 Å². The van der Waals surface area contributed by atoms with Crippen LogP contribution in [0, 0.1) is 11.3 Å². The predicted molar refractivity (Wildman–Crippen MR) is 71.2 cm³/mol. The van der Waals surface area contributed by atoms with Gasteiger partial charge in [0.15, 0.2) is 0 Å². The molecule has 0 unspecified atom stereocenters. The number of nitriles is 1. The lowest BCUT2D eigenvalue weighted by Gasteiger charge is -2.21. The van der Waals surface area contributed by atoms with Crippen molar-refractivity contribution in [2.45, 2.75) is 38.8 Å². The molecule has 1 aromatic carbocycles. The minimum Gasteiger partial charge on any atom is -0.488 e. The van der Waals surface area contributed by atoms with Crippen LogP contribution in [0.2, 0.25) is 0 Å². The van der Waals surface area contributed by atoms with Crippen LogP contribution in [0.1, 0.15) is 38.8 Å². The van der Waals surface area contributed by atoms with E-state index in [9.17, 15) is 0 Å². The Labute approximate surface area is 109 Å². The van der Waals surface area contributed by atoms with Gasteiger partial charge in [-0.3, -0.25) is 0 Å². The quantitative estimate of drug-likeness (QED) is 0.901. The molecule has 0 heterocycles. The van der Waals surface area contributed by atoms with Crippen molar-refractivity contribution in [3.63, 3.8) is 0 Å². The molecule has 0 aromatic heterocycles. The Bertz CT molecular complexity index is 376. The van der Waals surface area contributed by atoms with Crippen LogP contribution in [0.25, 0.3) is 0 Å². The smallest absolute Gasteiger partial charge is 0.120 e. The van der Waals surface area contributed by atoms with Gasteiger partial charge < -0.3 is 10.5 Å². The van der Waals surface area contributed by atoms with Crippen LogP contribution in [0.4, 0.5) is 0 Å². The zero-order valence-corrected chi connectivity index (χ0v) is 11.3. The van der Waals surface area contributed by atoms with E-state index < -0.39 is 0 Å². The first kappa shape index (κ1) is 15.8. The van der Waals surface area contributed by atoms with E-state index in [0.717, 1.165) is 11.3 Å². The van der Waals surface area contributed by atoms with Crippen LogP contribution in [0.15, 0.2) is 24.3 Å². The first-order valence-corrected chi connectivity index (χ1v) is 5.34. The topological polar surface area (TPSA) is 59.0 Å². The number of nitrogens with zero attached hydrogens (tertiary/aromatic N) is 1. The fraction of sp³-hybridized carbons (Fsp3) is 0.462. The van der Waals surface area contributed by atoms with Crippen LogP contribution in [-0.2, 0) is 0 Å². The molecule has 0 saturated carbocycles. The van der Waals surface area contributed by atoms with Gasteiger partial charge in [0.05, 0.1) is 12.5 Å². The molecule has 1 atom stereocenters. The van der Waals surface area contributed by atoms with Gasteiger partial charge in [-0.05, 0) is 38.5 Å². The Morgan fingerprint density at radius 1 is 1.29 bits per heavy atom. The van der Waals surface area contributed by atoms with E-state index >= 15 is 0 Å². The summed E-state index contributed by atoms with van der Waals surface area (Å²) >= 11 is 0. The van der Waals surface area contributed by atoms with E-state index in [-0.39, 0.29) is 24.0 Å². The first-order valence-electron chi connectivity index (χ1n) is 5.34. The van der Waals surface area contributed by atoms with Crippen molar-refractivity contribution in [2.75, 3.05) is 0 Å². The minimum atomic E-state index is -0.214. The van der Waals surface area contributed by atoms with Crippen LogP contribution in [0.5, 0.6) is 5.75 Å². The lowest BCUT2D eigenvalue weighted by atomic mass is 10.1. The maximum Gasteiger partial charge on any atom is 0.120 e. The molecule has 1 rings (SSSR count). The molecule has 2 N–H and O–H groups in total. The second-order valence-electron chi connectivity index (χ2n) is 4.75. The average Bonchev–Trinajstić information content (AvgIpc) is 2.16. The van der Waals surface area contributed by atoms with Crippen molar-refractivity contribution in [3.8, 4) is 11.8 Å². The Morgan fingerprint density at radius 2 is 1.82 bits per heavy atom. The largest absolute Gasteiger partial charge is 0.488 e. The number of hydrogen-bond acceptors (Lipinski definition) is 3. The van der Waals surface area contributed by atoms with Crippen molar-refractivity contribution in [1.82, 2.24) is 0 Å². The Morgan fingerprint density at radius 3 is 2.24 bits per heavy atom. The van der Waals surface area contributed by atoms with Gasteiger partial charge in [-0.15, -0.1) is 12.4 Å². The van der Waals surface area contributed by atoms with Crippen molar-refractivity contribution in [2.24, 2.45) is 5.73 Å². The summed E-state index contributed by atoms with van der Waals surface area (Å²) in [6, 6.07) is 9.43. The summed E-state index contributed by atoms with van der Waals surface area (Å²) in [6.07, 6.45) is 0.333. The number of rotatable bonds is 3. The van der Waals surface area contributed by atoms with E-state index in [1.807, 2.05) is 45.0 Å². The van der Waals surface area contributed by atoms with E-state index in [0.29, 0.717) is 6.42 Å². The zero-order valence-electron chi connectivity index (χ0n) is 10.4. The first-order chi connectivity index (χ1) is 7.42. The molecule has 0 bridgehead atoms. The van der Waals surface area contributed by atoms with Crippen LogP contribution < -0.4 is 10.5 Å². The molecular weight excluding hydrogens is 236 g/mol. The summed E-state index contributed by atoms with van der Waals surface area (Å²) in [5.41, 5.74) is 6.58. The maximum atomic E-state index is 8.55. The summed E-state index contributed by atoms with van der Waals surface area (Å²) in [6.45, 7) is 6.01. The number of hydrogen-bond donors (Lipinski definition) is 1. The third kappa shape index (κ3) is 5.58. The second kappa shape index (κ2) is 6.48. The Kier molecular flexibility index (Phi) is 6.01. The number of halogens is 1. The van der Waals surface area contributed by atoms with Gasteiger partial charge in [0.1, 0.15) is 11.4 Å². The molecule has 0 saturated heterocycles. The van der Waals surface area contributed by atoms with Gasteiger partial charge in [0.25, 0.3) is 0 Å². The standard InChI is InChI=1S/C13H18N2O.ClH/c1-13(2,3)16-11-6-4-10(5-7-11)12(15)8-9-14;/h4-7,12H,8,15H2,1-3H3;1H/t12-;/m1./s1. The highest BCUT2D eigenvalue weighted by Crippen LogP contribution is 2.21. The van der Waals surface area contributed by atoms with Gasteiger partial charge >= 0.3 is 0 Å². The molecule has 0 amide bonds. The maximum absolute atomic E-state index is 8.55. The van der Waals surface area contributed by atoms with E-state index in [1.54, 1.807) is 0 Å². The van der Waals surface area contributed by atoms with Crippen molar-refractivity contribution in [3.05, 3.63) is 29.8 Å². The van der Waals surface area contributed by atoms with Crippen LogP contribution in [0.3, 0.4) is 0 Å². The second-order valence-corrected chi connectivity index (χ2v) is 4.75. The van der Waals surface area contributed by atoms with Crippen LogP contribution >= 0.6 is 12.4 Å². The molecule has 4 heteroatoms. The van der Waals surface area contributed by atoms with Gasteiger partial charge in [-0.2, -0.15) is 5.26 Å². The molecule has 1 aromatic rings. The highest BCUT2D eigenvalue weighted by atomic mass is 35.5. The summed E-state index contributed by atoms with van der Waals surface area (Å²) in [7, 11) is 0. The van der Waals surface area contributed by atoms with Gasteiger partial charge in [0.2, 0.25) is 0 Å². The minimum absolute atomic E-state index is 0. The molecular formula is C13H19ClN2O. The molecule has 0 radical (unpaired) electrons. The third-order valence-corrected chi connectivity index (χ3v) is 2.04. The summed E-state index contributed by atoms with van der Waals surface area (Å²) < 4.78 is 5.69. The monoisotopic (exact) mass is 254 g/mol. The normalized spacial score (nSPS) is 12.2. The Balaban J connectivity index is 0.00000256. The fourth-order valence-electron chi connectivity index (χ4n) is 1.35. The van der Waals surface area contributed by atoms with Gasteiger partial charge in [-0.1, -0.05) is 12.1 Å². The fourth-order valence-corrected chi connectivity index (χ4v) is 1.35. The third-order valence-electron chi connectivity index (χ3n) is 2.04. The lowest BCUT2D eigenvalue weighted by molar-refractivity contribution is 0.131.